The van der Waals surface area contributed by atoms with Gasteiger partial charge in [0.25, 0.3) is 5.91 Å². The van der Waals surface area contributed by atoms with Crippen LogP contribution in [0.1, 0.15) is 41.9 Å². The smallest absolute Gasteiger partial charge is 0.272 e. The average Bonchev–Trinajstić information content (AvgIpc) is 3.31. The molecule has 1 aromatic heterocycles. The molecule has 0 radical (unpaired) electrons. The molecule has 138 valence electrons. The Morgan fingerprint density at radius 3 is 2.77 bits per heavy atom. The average molecular weight is 377 g/mol. The van der Waals surface area contributed by atoms with E-state index in [0.29, 0.717) is 11.1 Å². The van der Waals surface area contributed by atoms with Crippen LogP contribution >= 0.6 is 11.8 Å². The Labute approximate surface area is 154 Å². The van der Waals surface area contributed by atoms with Crippen molar-refractivity contribution in [1.82, 2.24) is 26.0 Å². The molecule has 1 aromatic carbocycles. The number of thioether (sulfide) groups is 1. The number of hydrogen-bond acceptors (Lipinski definition) is 5. The maximum Gasteiger partial charge on any atom is 0.272 e. The van der Waals surface area contributed by atoms with Crippen molar-refractivity contribution < 1.29 is 14.0 Å². The van der Waals surface area contributed by atoms with Gasteiger partial charge in [0.15, 0.2) is 0 Å². The molecule has 1 aliphatic rings. The van der Waals surface area contributed by atoms with Gasteiger partial charge in [-0.1, -0.05) is 49.6 Å². The summed E-state index contributed by atoms with van der Waals surface area (Å²) in [6, 6.07) is 5.55. The second kappa shape index (κ2) is 8.79. The number of nitrogens with zero attached hydrogens (tertiary/aromatic N) is 2. The Bertz CT molecular complexity index is 776. The van der Waals surface area contributed by atoms with E-state index in [-0.39, 0.29) is 11.3 Å². The van der Waals surface area contributed by atoms with Crippen molar-refractivity contribution in [3.05, 3.63) is 41.5 Å². The molecule has 3 rings (SSSR count). The highest BCUT2D eigenvalue weighted by atomic mass is 32.2. The van der Waals surface area contributed by atoms with Gasteiger partial charge in [-0.3, -0.25) is 25.5 Å². The van der Waals surface area contributed by atoms with Crippen LogP contribution in [0, 0.1) is 11.7 Å². The second-order valence-corrected chi connectivity index (χ2v) is 7.13. The molecule has 7 nitrogen and oxygen atoms in total. The van der Waals surface area contributed by atoms with Crippen molar-refractivity contribution in [2.75, 3.05) is 5.75 Å². The van der Waals surface area contributed by atoms with Crippen LogP contribution in [0.2, 0.25) is 0 Å². The molecule has 1 aliphatic carbocycles. The molecule has 1 saturated carbocycles. The lowest BCUT2D eigenvalue weighted by Gasteiger charge is -2.07. The van der Waals surface area contributed by atoms with E-state index in [9.17, 15) is 14.0 Å². The zero-order valence-corrected chi connectivity index (χ0v) is 14.9. The molecule has 1 fully saturated rings. The molecule has 1 heterocycles. The van der Waals surface area contributed by atoms with Gasteiger partial charge in [0, 0.05) is 6.42 Å². The van der Waals surface area contributed by atoms with Crippen LogP contribution in [0.25, 0.3) is 0 Å². The van der Waals surface area contributed by atoms with Crippen molar-refractivity contribution in [2.45, 2.75) is 37.3 Å². The molecular weight excluding hydrogens is 357 g/mol. The molecule has 9 heteroatoms. The van der Waals surface area contributed by atoms with Gasteiger partial charge in [0.2, 0.25) is 11.1 Å². The zero-order valence-electron chi connectivity index (χ0n) is 14.1. The lowest BCUT2D eigenvalue weighted by Crippen LogP contribution is -2.42. The van der Waals surface area contributed by atoms with E-state index in [1.165, 1.54) is 55.6 Å². The van der Waals surface area contributed by atoms with Crippen LogP contribution < -0.4 is 10.9 Å². The van der Waals surface area contributed by atoms with Gasteiger partial charge in [0.05, 0.1) is 11.3 Å². The maximum atomic E-state index is 13.5. The number of nitrogens with one attached hydrogen (secondary N) is 3. The van der Waals surface area contributed by atoms with Crippen LogP contribution in [0.15, 0.2) is 29.4 Å². The summed E-state index contributed by atoms with van der Waals surface area (Å²) >= 11 is 1.17. The van der Waals surface area contributed by atoms with Crippen molar-refractivity contribution in [1.29, 1.82) is 0 Å². The standard InChI is InChI=1S/C17H20FN5O2S/c18-13-8-4-3-7-12(13)16(25)22-21-15(24)10-26-17-19-14(20-23-17)9-11-5-1-2-6-11/h3-4,7-8,11H,1-2,5-6,9-10H2,(H,21,24)(H,22,25)(H,19,20,23). The monoisotopic (exact) mass is 377 g/mol. The Balaban J connectivity index is 1.40. The minimum absolute atomic E-state index is 0.0400. The lowest BCUT2D eigenvalue weighted by atomic mass is 10.0. The maximum absolute atomic E-state index is 13.5. The van der Waals surface area contributed by atoms with Gasteiger partial charge in [-0.2, -0.15) is 0 Å². The fourth-order valence-corrected chi connectivity index (χ4v) is 3.54. The van der Waals surface area contributed by atoms with Crippen molar-refractivity contribution in [2.24, 2.45) is 5.92 Å². The number of hydrogen-bond donors (Lipinski definition) is 3. The third-order valence-corrected chi connectivity index (χ3v) is 5.08. The normalized spacial score (nSPS) is 14.3. The Kier molecular flexibility index (Phi) is 6.21. The van der Waals surface area contributed by atoms with E-state index in [4.69, 9.17) is 0 Å². The summed E-state index contributed by atoms with van der Waals surface area (Å²) in [5, 5.41) is 7.50. The predicted octanol–water partition coefficient (Wildman–Crippen LogP) is 2.23. The fraction of sp³-hybridized carbons (Fsp3) is 0.412. The number of amides is 2. The Hall–Kier alpha value is -2.42. The topological polar surface area (TPSA) is 99.8 Å². The summed E-state index contributed by atoms with van der Waals surface area (Å²) in [5.74, 6) is -0.243. The van der Waals surface area contributed by atoms with E-state index in [1.54, 1.807) is 6.07 Å². The van der Waals surface area contributed by atoms with E-state index >= 15 is 0 Å². The molecule has 0 atom stereocenters. The SMILES string of the molecule is O=C(CSc1n[nH]c(CC2CCCC2)n1)NNC(=O)c1ccccc1F. The first-order chi connectivity index (χ1) is 12.6. The molecule has 0 aliphatic heterocycles. The summed E-state index contributed by atoms with van der Waals surface area (Å²) in [6.45, 7) is 0. The largest absolute Gasteiger partial charge is 0.272 e. The molecule has 0 bridgehead atoms. The van der Waals surface area contributed by atoms with Gasteiger partial charge < -0.3 is 0 Å². The summed E-state index contributed by atoms with van der Waals surface area (Å²) in [4.78, 5) is 28.0. The first-order valence-corrected chi connectivity index (χ1v) is 9.48. The van der Waals surface area contributed by atoms with Gasteiger partial charge in [0.1, 0.15) is 11.6 Å². The summed E-state index contributed by atoms with van der Waals surface area (Å²) < 4.78 is 13.5. The van der Waals surface area contributed by atoms with Crippen LogP contribution in [-0.4, -0.2) is 32.7 Å². The highest BCUT2D eigenvalue weighted by Gasteiger charge is 2.18. The summed E-state index contributed by atoms with van der Waals surface area (Å²) in [7, 11) is 0. The number of halogens is 1. The molecule has 0 spiro atoms. The molecule has 26 heavy (non-hydrogen) atoms. The first-order valence-electron chi connectivity index (χ1n) is 8.49. The number of carbonyl (C=O) groups is 2. The van der Waals surface area contributed by atoms with Crippen molar-refractivity contribution in [3.63, 3.8) is 0 Å². The summed E-state index contributed by atoms with van der Waals surface area (Å²) in [5.41, 5.74) is 4.31. The molecule has 0 unspecified atom stereocenters. The highest BCUT2D eigenvalue weighted by Crippen LogP contribution is 2.27. The van der Waals surface area contributed by atoms with Crippen LogP contribution in [-0.2, 0) is 11.2 Å². The number of aromatic amines is 1. The highest BCUT2D eigenvalue weighted by molar-refractivity contribution is 7.99. The lowest BCUT2D eigenvalue weighted by molar-refractivity contribution is -0.119. The van der Waals surface area contributed by atoms with Crippen molar-refractivity contribution in [3.8, 4) is 0 Å². The Morgan fingerprint density at radius 2 is 2.00 bits per heavy atom. The van der Waals surface area contributed by atoms with Gasteiger partial charge in [-0.15, -0.1) is 5.10 Å². The van der Waals surface area contributed by atoms with Gasteiger partial charge in [-0.05, 0) is 18.1 Å². The van der Waals surface area contributed by atoms with Crippen molar-refractivity contribution >= 4 is 23.6 Å². The minimum Gasteiger partial charge on any atom is -0.272 e. The predicted molar refractivity (Wildman–Crippen MR) is 94.8 cm³/mol. The summed E-state index contributed by atoms with van der Waals surface area (Å²) in [6.07, 6.45) is 5.90. The molecule has 2 aromatic rings. The number of rotatable bonds is 6. The third-order valence-electron chi connectivity index (χ3n) is 4.23. The third kappa shape index (κ3) is 5.04. The van der Waals surface area contributed by atoms with E-state index in [2.05, 4.69) is 26.0 Å². The number of hydrazine groups is 1. The van der Waals surface area contributed by atoms with Gasteiger partial charge >= 0.3 is 0 Å². The Morgan fingerprint density at radius 1 is 1.23 bits per heavy atom. The van der Waals surface area contributed by atoms with Crippen LogP contribution in [0.5, 0.6) is 0 Å². The van der Waals surface area contributed by atoms with E-state index in [1.807, 2.05) is 0 Å². The second-order valence-electron chi connectivity index (χ2n) is 6.19. The number of benzene rings is 1. The molecule has 3 N–H and O–H groups in total. The number of carbonyl (C=O) groups excluding carboxylic acids is 2. The molecular formula is C17H20FN5O2S. The first kappa shape index (κ1) is 18.4. The van der Waals surface area contributed by atoms with E-state index < -0.39 is 17.6 Å². The van der Waals surface area contributed by atoms with E-state index in [0.717, 1.165) is 12.2 Å². The zero-order chi connectivity index (χ0) is 18.4. The quantitative estimate of drug-likeness (QED) is 0.530. The number of H-pyrrole nitrogens is 1. The number of aromatic nitrogens is 3. The minimum atomic E-state index is -0.710. The molecule has 0 saturated heterocycles. The van der Waals surface area contributed by atoms with Crippen LogP contribution in [0.4, 0.5) is 4.39 Å². The van der Waals surface area contributed by atoms with Gasteiger partial charge in [-0.25, -0.2) is 9.37 Å². The van der Waals surface area contributed by atoms with Crippen LogP contribution in [0.3, 0.4) is 0 Å². The molecule has 2 amide bonds. The fourth-order valence-electron chi connectivity index (χ4n) is 2.93.